The van der Waals surface area contributed by atoms with Crippen LogP contribution < -0.4 is 5.73 Å². The maximum absolute atomic E-state index is 13.1. The number of hydrogen-bond donors (Lipinski definition) is 1. The Morgan fingerprint density at radius 3 is 3.00 bits per heavy atom. The predicted molar refractivity (Wildman–Crippen MR) is 67.3 cm³/mol. The summed E-state index contributed by atoms with van der Waals surface area (Å²) in [7, 11) is 0. The van der Waals surface area contributed by atoms with Gasteiger partial charge in [-0.2, -0.15) is 0 Å². The lowest BCUT2D eigenvalue weighted by Crippen LogP contribution is -2.18. The number of nitrogens with zero attached hydrogens (tertiary/aromatic N) is 3. The molecule has 5 heteroatoms. The molecule has 1 atom stereocenters. The van der Waals surface area contributed by atoms with Gasteiger partial charge in [-0.3, -0.25) is 0 Å². The second-order valence-electron chi connectivity index (χ2n) is 4.92. The number of anilines is 1. The van der Waals surface area contributed by atoms with Gasteiger partial charge in [-0.05, 0) is 30.5 Å². The molecule has 4 nitrogen and oxygen atoms in total. The van der Waals surface area contributed by atoms with E-state index in [1.807, 2.05) is 0 Å². The van der Waals surface area contributed by atoms with Gasteiger partial charge in [0, 0.05) is 24.2 Å². The van der Waals surface area contributed by atoms with Crippen molar-refractivity contribution in [1.82, 2.24) is 14.8 Å². The average Bonchev–Trinajstić information content (AvgIpc) is 2.72. The van der Waals surface area contributed by atoms with Crippen LogP contribution >= 0.6 is 0 Å². The molecule has 0 spiro atoms. The van der Waals surface area contributed by atoms with Gasteiger partial charge in [0.2, 0.25) is 0 Å². The maximum Gasteiger partial charge on any atom is 0.166 e. The molecule has 2 N–H and O–H groups in total. The highest BCUT2D eigenvalue weighted by Gasteiger charge is 2.21. The van der Waals surface area contributed by atoms with E-state index in [2.05, 4.69) is 21.7 Å². The highest BCUT2D eigenvalue weighted by atomic mass is 19.1. The molecular weight excluding hydrogens is 231 g/mol. The number of aromatic nitrogens is 3. The third-order valence-corrected chi connectivity index (χ3v) is 3.46. The lowest BCUT2D eigenvalue weighted by molar-refractivity contribution is 0.411. The standard InChI is InChI=1S/C13H15FN4/c1-8-4-5-18-12(6-8)16-17-13(18)10-3-2-9(14)7-11(10)15/h2-3,7-8H,4-6,15H2,1H3. The number of fused-ring (bicyclic) bond motifs is 1. The van der Waals surface area contributed by atoms with Crippen molar-refractivity contribution in [3.05, 3.63) is 29.8 Å². The van der Waals surface area contributed by atoms with Crippen LogP contribution in [0.25, 0.3) is 11.4 Å². The van der Waals surface area contributed by atoms with Crippen LogP contribution in [0, 0.1) is 11.7 Å². The second-order valence-corrected chi connectivity index (χ2v) is 4.92. The molecule has 1 aliphatic rings. The minimum atomic E-state index is -0.330. The SMILES string of the molecule is CC1CCn2c(nnc2-c2ccc(F)cc2N)C1. The Morgan fingerprint density at radius 1 is 1.39 bits per heavy atom. The largest absolute Gasteiger partial charge is 0.398 e. The molecule has 0 bridgehead atoms. The summed E-state index contributed by atoms with van der Waals surface area (Å²) < 4.78 is 15.1. The molecular formula is C13H15FN4. The van der Waals surface area contributed by atoms with Gasteiger partial charge < -0.3 is 10.3 Å². The summed E-state index contributed by atoms with van der Waals surface area (Å²) in [5.41, 5.74) is 7.01. The molecule has 0 saturated carbocycles. The van der Waals surface area contributed by atoms with E-state index in [1.165, 1.54) is 12.1 Å². The number of nitrogens with two attached hydrogens (primary N) is 1. The quantitative estimate of drug-likeness (QED) is 0.785. The van der Waals surface area contributed by atoms with Gasteiger partial charge >= 0.3 is 0 Å². The molecule has 0 amide bonds. The predicted octanol–water partition coefficient (Wildman–Crippen LogP) is 2.25. The first kappa shape index (κ1) is 11.2. The van der Waals surface area contributed by atoms with Crippen LogP contribution in [-0.4, -0.2) is 14.8 Å². The smallest absolute Gasteiger partial charge is 0.166 e. The van der Waals surface area contributed by atoms with E-state index in [4.69, 9.17) is 5.73 Å². The lowest BCUT2D eigenvalue weighted by atomic mass is 10.00. The summed E-state index contributed by atoms with van der Waals surface area (Å²) in [5, 5.41) is 8.41. The van der Waals surface area contributed by atoms with E-state index in [1.54, 1.807) is 6.07 Å². The third kappa shape index (κ3) is 1.75. The molecule has 0 aliphatic carbocycles. The van der Waals surface area contributed by atoms with Gasteiger partial charge in [0.1, 0.15) is 11.6 Å². The van der Waals surface area contributed by atoms with Crippen LogP contribution in [-0.2, 0) is 13.0 Å². The normalized spacial score (nSPS) is 18.7. The molecule has 2 heterocycles. The van der Waals surface area contributed by atoms with E-state index in [-0.39, 0.29) is 5.82 Å². The molecule has 0 radical (unpaired) electrons. The summed E-state index contributed by atoms with van der Waals surface area (Å²) in [6.45, 7) is 3.11. The molecule has 1 aliphatic heterocycles. The third-order valence-electron chi connectivity index (χ3n) is 3.46. The van der Waals surface area contributed by atoms with E-state index in [0.29, 0.717) is 11.6 Å². The number of hydrogen-bond acceptors (Lipinski definition) is 3. The Hall–Kier alpha value is -1.91. The maximum atomic E-state index is 13.1. The van der Waals surface area contributed by atoms with Crippen LogP contribution in [0.4, 0.5) is 10.1 Å². The highest BCUT2D eigenvalue weighted by Crippen LogP contribution is 2.29. The first-order chi connectivity index (χ1) is 8.65. The molecule has 94 valence electrons. The number of benzene rings is 1. The van der Waals surface area contributed by atoms with Gasteiger partial charge in [0.15, 0.2) is 5.82 Å². The van der Waals surface area contributed by atoms with Gasteiger partial charge in [-0.1, -0.05) is 6.92 Å². The number of rotatable bonds is 1. The number of nitrogen functional groups attached to an aromatic ring is 1. The molecule has 2 aromatic rings. The fraction of sp³-hybridized carbons (Fsp3) is 0.385. The van der Waals surface area contributed by atoms with Crippen LogP contribution in [0.2, 0.25) is 0 Å². The topological polar surface area (TPSA) is 56.7 Å². The van der Waals surface area contributed by atoms with E-state index in [0.717, 1.165) is 36.6 Å². The Morgan fingerprint density at radius 2 is 2.22 bits per heavy atom. The summed E-state index contributed by atoms with van der Waals surface area (Å²) in [5.74, 6) is 2.05. The summed E-state index contributed by atoms with van der Waals surface area (Å²) in [6.07, 6.45) is 2.05. The fourth-order valence-corrected chi connectivity index (χ4v) is 2.42. The molecule has 18 heavy (non-hydrogen) atoms. The minimum Gasteiger partial charge on any atom is -0.398 e. The van der Waals surface area contributed by atoms with Crippen molar-refractivity contribution in [3.63, 3.8) is 0 Å². The van der Waals surface area contributed by atoms with Crippen LogP contribution in [0.5, 0.6) is 0 Å². The van der Waals surface area contributed by atoms with Crippen LogP contribution in [0.15, 0.2) is 18.2 Å². The number of halogens is 1. The summed E-state index contributed by atoms with van der Waals surface area (Å²) >= 11 is 0. The molecule has 1 unspecified atom stereocenters. The van der Waals surface area contributed by atoms with E-state index in [9.17, 15) is 4.39 Å². The molecule has 0 fully saturated rings. The Balaban J connectivity index is 2.08. The van der Waals surface area contributed by atoms with Crippen molar-refractivity contribution in [1.29, 1.82) is 0 Å². The minimum absolute atomic E-state index is 0.330. The Bertz CT molecular complexity index is 591. The fourth-order valence-electron chi connectivity index (χ4n) is 2.42. The molecule has 1 aromatic carbocycles. The first-order valence-corrected chi connectivity index (χ1v) is 6.12. The van der Waals surface area contributed by atoms with Gasteiger partial charge in [0.05, 0.1) is 0 Å². The zero-order valence-electron chi connectivity index (χ0n) is 10.2. The monoisotopic (exact) mass is 246 g/mol. The van der Waals surface area contributed by atoms with Crippen molar-refractivity contribution in [2.24, 2.45) is 5.92 Å². The first-order valence-electron chi connectivity index (χ1n) is 6.12. The van der Waals surface area contributed by atoms with Crippen molar-refractivity contribution in [3.8, 4) is 11.4 Å². The van der Waals surface area contributed by atoms with Crippen molar-refractivity contribution in [2.45, 2.75) is 26.3 Å². The molecule has 1 aromatic heterocycles. The zero-order chi connectivity index (χ0) is 12.7. The van der Waals surface area contributed by atoms with Gasteiger partial charge in [-0.25, -0.2) is 4.39 Å². The summed E-state index contributed by atoms with van der Waals surface area (Å²) in [4.78, 5) is 0. The van der Waals surface area contributed by atoms with Gasteiger partial charge in [0.25, 0.3) is 0 Å². The Labute approximate surface area is 105 Å². The highest BCUT2D eigenvalue weighted by molar-refractivity contribution is 5.71. The zero-order valence-corrected chi connectivity index (χ0v) is 10.2. The van der Waals surface area contributed by atoms with E-state index >= 15 is 0 Å². The second kappa shape index (κ2) is 4.08. The molecule has 3 rings (SSSR count). The lowest BCUT2D eigenvalue weighted by Gasteiger charge is -2.20. The van der Waals surface area contributed by atoms with E-state index < -0.39 is 0 Å². The van der Waals surface area contributed by atoms with Crippen molar-refractivity contribution in [2.75, 3.05) is 5.73 Å². The van der Waals surface area contributed by atoms with Gasteiger partial charge in [-0.15, -0.1) is 10.2 Å². The molecule has 0 saturated heterocycles. The van der Waals surface area contributed by atoms with Crippen LogP contribution in [0.3, 0.4) is 0 Å². The average molecular weight is 246 g/mol. The van der Waals surface area contributed by atoms with Crippen LogP contribution in [0.1, 0.15) is 19.2 Å². The van der Waals surface area contributed by atoms with Crippen molar-refractivity contribution >= 4 is 5.69 Å². The Kier molecular flexibility index (Phi) is 2.54. The summed E-state index contributed by atoms with van der Waals surface area (Å²) in [6, 6.07) is 4.39. The van der Waals surface area contributed by atoms with Crippen molar-refractivity contribution < 1.29 is 4.39 Å².